The highest BCUT2D eigenvalue weighted by atomic mass is 16.4. The molecule has 0 radical (unpaired) electrons. The van der Waals surface area contributed by atoms with E-state index in [1.807, 2.05) is 4.90 Å². The van der Waals surface area contributed by atoms with Crippen LogP contribution in [0.15, 0.2) is 30.3 Å². The highest BCUT2D eigenvalue weighted by Crippen LogP contribution is 2.20. The maximum absolute atomic E-state index is 12.2. The van der Waals surface area contributed by atoms with Crippen molar-refractivity contribution in [1.82, 2.24) is 4.90 Å². The van der Waals surface area contributed by atoms with Gasteiger partial charge in [-0.25, -0.2) is 9.59 Å². The van der Waals surface area contributed by atoms with Gasteiger partial charge in [0.1, 0.15) is 0 Å². The second-order valence-corrected chi connectivity index (χ2v) is 5.24. The third kappa shape index (κ3) is 4.34. The smallest absolute Gasteiger partial charge is 0.328 e. The van der Waals surface area contributed by atoms with E-state index in [2.05, 4.69) is 12.2 Å². The van der Waals surface area contributed by atoms with Gasteiger partial charge in [-0.05, 0) is 36.1 Å². The van der Waals surface area contributed by atoms with E-state index < -0.39 is 5.97 Å². The van der Waals surface area contributed by atoms with Crippen LogP contribution in [-0.2, 0) is 4.79 Å². The summed E-state index contributed by atoms with van der Waals surface area (Å²) in [5, 5.41) is 11.5. The molecule has 1 heterocycles. The summed E-state index contributed by atoms with van der Waals surface area (Å²) >= 11 is 0. The molecule has 21 heavy (non-hydrogen) atoms. The molecule has 0 aliphatic carbocycles. The van der Waals surface area contributed by atoms with Crippen LogP contribution in [0.2, 0.25) is 0 Å². The van der Waals surface area contributed by atoms with Crippen LogP contribution in [0, 0.1) is 5.92 Å². The molecular formula is C16H20N2O3. The zero-order valence-electron chi connectivity index (χ0n) is 12.1. The number of hydrogen-bond acceptors (Lipinski definition) is 2. The quantitative estimate of drug-likeness (QED) is 0.837. The molecule has 5 nitrogen and oxygen atoms in total. The Bertz CT molecular complexity index is 554. The number of amides is 2. The number of rotatable bonds is 4. The van der Waals surface area contributed by atoms with Crippen molar-refractivity contribution >= 4 is 23.8 Å². The molecule has 0 spiro atoms. The van der Waals surface area contributed by atoms with E-state index in [-0.39, 0.29) is 6.03 Å². The minimum absolute atomic E-state index is 0.0923. The van der Waals surface area contributed by atoms with Gasteiger partial charge in [-0.15, -0.1) is 0 Å². The molecule has 1 saturated heterocycles. The average Bonchev–Trinajstić information content (AvgIpc) is 2.94. The highest BCUT2D eigenvalue weighted by Gasteiger charge is 2.24. The first-order chi connectivity index (χ1) is 10.1. The zero-order chi connectivity index (χ0) is 15.2. The molecule has 1 aromatic rings. The van der Waals surface area contributed by atoms with Gasteiger partial charge in [0, 0.05) is 24.9 Å². The van der Waals surface area contributed by atoms with Crippen molar-refractivity contribution in [2.75, 3.05) is 18.4 Å². The number of nitrogens with one attached hydrogen (secondary N) is 1. The van der Waals surface area contributed by atoms with Gasteiger partial charge in [0.05, 0.1) is 0 Å². The van der Waals surface area contributed by atoms with Crippen molar-refractivity contribution in [3.05, 3.63) is 35.9 Å². The van der Waals surface area contributed by atoms with Crippen LogP contribution in [0.5, 0.6) is 0 Å². The van der Waals surface area contributed by atoms with Crippen molar-refractivity contribution in [2.45, 2.75) is 19.8 Å². The summed E-state index contributed by atoms with van der Waals surface area (Å²) in [6.45, 7) is 3.74. The number of carbonyl (C=O) groups excluding carboxylic acids is 1. The van der Waals surface area contributed by atoms with Gasteiger partial charge < -0.3 is 15.3 Å². The Morgan fingerprint density at radius 1 is 1.48 bits per heavy atom. The van der Waals surface area contributed by atoms with Crippen LogP contribution in [0.1, 0.15) is 25.3 Å². The van der Waals surface area contributed by atoms with Gasteiger partial charge in [0.25, 0.3) is 0 Å². The third-order valence-electron chi connectivity index (χ3n) is 3.71. The number of carboxylic acids is 1. The summed E-state index contributed by atoms with van der Waals surface area (Å²) < 4.78 is 0. The molecule has 1 aliphatic rings. The Hall–Kier alpha value is -2.30. The minimum Gasteiger partial charge on any atom is -0.478 e. The van der Waals surface area contributed by atoms with Crippen molar-refractivity contribution in [1.29, 1.82) is 0 Å². The summed E-state index contributed by atoms with van der Waals surface area (Å²) in [6, 6.07) is 7.03. The fourth-order valence-electron chi connectivity index (χ4n) is 2.44. The number of anilines is 1. The Balaban J connectivity index is 1.98. The second kappa shape index (κ2) is 6.92. The number of hydrogen-bond donors (Lipinski definition) is 2. The number of aliphatic carboxylic acids is 1. The fraction of sp³-hybridized carbons (Fsp3) is 0.375. The largest absolute Gasteiger partial charge is 0.478 e. The lowest BCUT2D eigenvalue weighted by molar-refractivity contribution is -0.131. The summed E-state index contributed by atoms with van der Waals surface area (Å²) in [6.07, 6.45) is 4.73. The molecule has 5 heteroatoms. The molecule has 112 valence electrons. The number of likely N-dealkylation sites (tertiary alicyclic amines) is 1. The van der Waals surface area contributed by atoms with Gasteiger partial charge in [-0.2, -0.15) is 0 Å². The molecule has 1 fully saturated rings. The normalized spacial score (nSPS) is 18.1. The van der Waals surface area contributed by atoms with E-state index in [0.29, 0.717) is 11.6 Å². The van der Waals surface area contributed by atoms with Crippen molar-refractivity contribution in [3.8, 4) is 0 Å². The topological polar surface area (TPSA) is 69.6 Å². The van der Waals surface area contributed by atoms with Gasteiger partial charge in [-0.1, -0.05) is 25.5 Å². The Kier molecular flexibility index (Phi) is 4.98. The first-order valence-electron chi connectivity index (χ1n) is 7.15. The van der Waals surface area contributed by atoms with Crippen LogP contribution in [0.25, 0.3) is 6.08 Å². The number of carbonyl (C=O) groups is 2. The van der Waals surface area contributed by atoms with E-state index in [9.17, 15) is 9.59 Å². The number of urea groups is 1. The lowest BCUT2D eigenvalue weighted by Gasteiger charge is -2.17. The molecule has 2 N–H and O–H groups in total. The van der Waals surface area contributed by atoms with E-state index in [0.717, 1.165) is 37.6 Å². The minimum atomic E-state index is -0.993. The summed E-state index contributed by atoms with van der Waals surface area (Å²) in [5.41, 5.74) is 1.41. The Morgan fingerprint density at radius 2 is 2.29 bits per heavy atom. The average molecular weight is 288 g/mol. The lowest BCUT2D eigenvalue weighted by Crippen LogP contribution is -2.32. The molecule has 1 atom stereocenters. The first-order valence-corrected chi connectivity index (χ1v) is 7.15. The van der Waals surface area contributed by atoms with Crippen molar-refractivity contribution in [3.63, 3.8) is 0 Å². The third-order valence-corrected chi connectivity index (χ3v) is 3.71. The van der Waals surface area contributed by atoms with Crippen LogP contribution >= 0.6 is 0 Å². The molecule has 1 aliphatic heterocycles. The predicted octanol–water partition coefficient (Wildman–Crippen LogP) is 3.05. The summed E-state index contributed by atoms with van der Waals surface area (Å²) in [5.74, 6) is -0.396. The van der Waals surface area contributed by atoms with E-state index in [1.165, 1.54) is 6.08 Å². The maximum Gasteiger partial charge on any atom is 0.328 e. The molecule has 0 aromatic heterocycles. The van der Waals surface area contributed by atoms with Crippen LogP contribution in [-0.4, -0.2) is 35.1 Å². The van der Waals surface area contributed by atoms with Gasteiger partial charge in [0.2, 0.25) is 0 Å². The molecule has 0 saturated carbocycles. The molecule has 0 bridgehead atoms. The summed E-state index contributed by atoms with van der Waals surface area (Å²) in [7, 11) is 0. The van der Waals surface area contributed by atoms with Crippen LogP contribution in [0.4, 0.5) is 10.5 Å². The first kappa shape index (κ1) is 15.1. The predicted molar refractivity (Wildman–Crippen MR) is 82.1 cm³/mol. The van der Waals surface area contributed by atoms with Crippen molar-refractivity contribution < 1.29 is 14.7 Å². The highest BCUT2D eigenvalue weighted by molar-refractivity contribution is 5.90. The Morgan fingerprint density at radius 3 is 2.95 bits per heavy atom. The van der Waals surface area contributed by atoms with Gasteiger partial charge in [-0.3, -0.25) is 0 Å². The molecule has 2 rings (SSSR count). The summed E-state index contributed by atoms with van der Waals surface area (Å²) in [4.78, 5) is 24.5. The van der Waals surface area contributed by atoms with Gasteiger partial charge >= 0.3 is 12.0 Å². The second-order valence-electron chi connectivity index (χ2n) is 5.24. The Labute approximate surface area is 124 Å². The van der Waals surface area contributed by atoms with E-state index in [1.54, 1.807) is 24.3 Å². The van der Waals surface area contributed by atoms with Gasteiger partial charge in [0.15, 0.2) is 0 Å². The van der Waals surface area contributed by atoms with E-state index >= 15 is 0 Å². The van der Waals surface area contributed by atoms with Crippen LogP contribution < -0.4 is 5.32 Å². The number of carboxylic acid groups (broad SMARTS) is 1. The lowest BCUT2D eigenvalue weighted by atomic mass is 10.1. The maximum atomic E-state index is 12.2. The molecule has 1 aromatic carbocycles. The molecule has 1 unspecified atom stereocenters. The molecular weight excluding hydrogens is 268 g/mol. The fourth-order valence-corrected chi connectivity index (χ4v) is 2.44. The standard InChI is InChI=1S/C16H20N2O3/c1-2-12-8-9-18(11-12)16(21)17-14-5-3-4-13(10-14)6-7-15(19)20/h3-7,10,12H,2,8-9,11H2,1H3,(H,17,21)(H,19,20)/b7-6+. The van der Waals surface area contributed by atoms with E-state index in [4.69, 9.17) is 5.11 Å². The number of nitrogens with zero attached hydrogens (tertiary/aromatic N) is 1. The zero-order valence-corrected chi connectivity index (χ0v) is 12.1. The number of benzene rings is 1. The SMILES string of the molecule is CCC1CCN(C(=O)Nc2cccc(/C=C/C(=O)O)c2)C1. The molecule has 2 amide bonds. The monoisotopic (exact) mass is 288 g/mol. The van der Waals surface area contributed by atoms with Crippen molar-refractivity contribution in [2.24, 2.45) is 5.92 Å². The van der Waals surface area contributed by atoms with Crippen LogP contribution in [0.3, 0.4) is 0 Å².